The minimum atomic E-state index is -0.442. The molecule has 0 radical (unpaired) electrons. The Labute approximate surface area is 109 Å². The maximum Gasteiger partial charge on any atom is 0.329 e. The van der Waals surface area contributed by atoms with Gasteiger partial charge in [0, 0.05) is 17.4 Å². The van der Waals surface area contributed by atoms with E-state index in [-0.39, 0.29) is 15.5 Å². The van der Waals surface area contributed by atoms with E-state index in [1.165, 1.54) is 10.6 Å². The molecular weight excluding hydrogens is 260 g/mol. The lowest BCUT2D eigenvalue weighted by Gasteiger charge is -2.29. The molecule has 0 amide bonds. The second-order valence-corrected chi connectivity index (χ2v) is 5.62. The molecule has 0 aliphatic carbocycles. The predicted molar refractivity (Wildman–Crippen MR) is 73.2 cm³/mol. The molecule has 17 heavy (non-hydrogen) atoms. The summed E-state index contributed by atoms with van der Waals surface area (Å²) in [5.74, 6) is 0. The molecule has 6 heteroatoms. The molecule has 4 nitrogen and oxygen atoms in total. The van der Waals surface area contributed by atoms with Crippen LogP contribution >= 0.6 is 23.4 Å². The summed E-state index contributed by atoms with van der Waals surface area (Å²) < 4.78 is 1.14. The number of aromatic nitrogens is 2. The fraction of sp³-hybridized carbons (Fsp3) is 0.636. The van der Waals surface area contributed by atoms with Gasteiger partial charge in [0.15, 0.2) is 0 Å². The van der Waals surface area contributed by atoms with Crippen LogP contribution in [0, 0.1) is 0 Å². The normalized spacial score (nSPS) is 11.8. The van der Waals surface area contributed by atoms with E-state index in [0.29, 0.717) is 6.54 Å². The molecular formula is C11H17ClN2O2S. The number of H-pyrrole nitrogens is 1. The second-order valence-electron chi connectivity index (χ2n) is 3.94. The molecule has 1 N–H and O–H groups in total. The molecule has 0 spiro atoms. The van der Waals surface area contributed by atoms with E-state index >= 15 is 0 Å². The van der Waals surface area contributed by atoms with Crippen molar-refractivity contribution in [3.05, 3.63) is 32.1 Å². The molecule has 0 saturated carbocycles. The monoisotopic (exact) mass is 276 g/mol. The van der Waals surface area contributed by atoms with Gasteiger partial charge in [-0.05, 0) is 19.1 Å². The topological polar surface area (TPSA) is 54.9 Å². The third-order valence-corrected chi connectivity index (χ3v) is 4.93. The first kappa shape index (κ1) is 14.4. The van der Waals surface area contributed by atoms with E-state index in [2.05, 4.69) is 18.8 Å². The molecule has 0 aromatic carbocycles. The minimum Gasteiger partial charge on any atom is -0.298 e. The molecule has 0 atom stereocenters. The number of aromatic amines is 1. The van der Waals surface area contributed by atoms with Crippen molar-refractivity contribution in [1.82, 2.24) is 9.55 Å². The average molecular weight is 277 g/mol. The summed E-state index contributed by atoms with van der Waals surface area (Å²) in [7, 11) is 0. The first-order chi connectivity index (χ1) is 7.98. The lowest BCUT2D eigenvalue weighted by atomic mass is 10.0. The van der Waals surface area contributed by atoms with Crippen molar-refractivity contribution in [3.63, 3.8) is 0 Å². The van der Waals surface area contributed by atoms with Crippen molar-refractivity contribution >= 4 is 23.4 Å². The van der Waals surface area contributed by atoms with Gasteiger partial charge in [-0.3, -0.25) is 14.3 Å². The average Bonchev–Trinajstić information content (AvgIpc) is 2.29. The van der Waals surface area contributed by atoms with E-state index in [4.69, 9.17) is 11.6 Å². The summed E-state index contributed by atoms with van der Waals surface area (Å²) in [6.45, 7) is 4.54. The number of nitrogens with one attached hydrogen (secondary N) is 1. The summed E-state index contributed by atoms with van der Waals surface area (Å²) in [5, 5.41) is 0.0824. The Bertz CT molecular complexity index is 451. The van der Waals surface area contributed by atoms with Crippen molar-refractivity contribution in [2.24, 2.45) is 0 Å². The molecule has 0 saturated heterocycles. The molecule has 0 bridgehead atoms. The van der Waals surface area contributed by atoms with Crippen LogP contribution in [0.25, 0.3) is 0 Å². The summed E-state index contributed by atoms with van der Waals surface area (Å²) in [6.07, 6.45) is 3.81. The maximum atomic E-state index is 11.7. The zero-order valence-corrected chi connectivity index (χ0v) is 11.8. The number of halogens is 1. The lowest BCUT2D eigenvalue weighted by Crippen LogP contribution is -2.42. The Morgan fingerprint density at radius 2 is 2.00 bits per heavy atom. The largest absolute Gasteiger partial charge is 0.329 e. The highest BCUT2D eigenvalue weighted by atomic mass is 35.5. The Morgan fingerprint density at radius 3 is 2.41 bits per heavy atom. The van der Waals surface area contributed by atoms with Crippen molar-refractivity contribution < 1.29 is 0 Å². The highest BCUT2D eigenvalue weighted by Crippen LogP contribution is 2.31. The summed E-state index contributed by atoms with van der Waals surface area (Å²) in [4.78, 5) is 25.9. The van der Waals surface area contributed by atoms with Gasteiger partial charge in [0.2, 0.25) is 0 Å². The van der Waals surface area contributed by atoms with Crippen LogP contribution in [0.3, 0.4) is 0 Å². The van der Waals surface area contributed by atoms with Crippen LogP contribution in [0.5, 0.6) is 0 Å². The Kier molecular flexibility index (Phi) is 4.89. The third kappa shape index (κ3) is 3.16. The van der Waals surface area contributed by atoms with E-state index in [1.807, 2.05) is 6.26 Å². The molecule has 1 heterocycles. The number of nitrogens with zero attached hydrogens (tertiary/aromatic N) is 1. The quantitative estimate of drug-likeness (QED) is 0.838. The standard InChI is InChI=1S/C11H17ClN2O2S/c1-4-11(5-2,17-3)7-14-9(15)6-8(12)13-10(14)16/h6H,4-5,7H2,1-3H3,(H,13,16). The smallest absolute Gasteiger partial charge is 0.298 e. The molecule has 0 unspecified atom stereocenters. The highest BCUT2D eigenvalue weighted by molar-refractivity contribution is 8.00. The van der Waals surface area contributed by atoms with Crippen LogP contribution < -0.4 is 11.2 Å². The van der Waals surface area contributed by atoms with E-state index in [0.717, 1.165) is 12.8 Å². The van der Waals surface area contributed by atoms with Gasteiger partial charge in [0.1, 0.15) is 5.15 Å². The molecule has 1 aromatic rings. The van der Waals surface area contributed by atoms with Gasteiger partial charge in [-0.25, -0.2) is 4.79 Å². The van der Waals surface area contributed by atoms with Crippen molar-refractivity contribution in [1.29, 1.82) is 0 Å². The van der Waals surface area contributed by atoms with Crippen molar-refractivity contribution in [3.8, 4) is 0 Å². The Hall–Kier alpha value is -0.680. The molecule has 0 fully saturated rings. The summed E-state index contributed by atoms with van der Waals surface area (Å²) >= 11 is 7.31. The van der Waals surface area contributed by atoms with Crippen LogP contribution in [0.4, 0.5) is 0 Å². The Balaban J connectivity index is 3.19. The SMILES string of the molecule is CCC(CC)(Cn1c(=O)cc(Cl)[nH]c1=O)SC. The molecule has 1 aromatic heterocycles. The first-order valence-corrected chi connectivity index (χ1v) is 7.13. The summed E-state index contributed by atoms with van der Waals surface area (Å²) in [5.41, 5.74) is -0.790. The van der Waals surface area contributed by atoms with Gasteiger partial charge >= 0.3 is 5.69 Å². The Morgan fingerprint density at radius 1 is 1.41 bits per heavy atom. The predicted octanol–water partition coefficient (Wildman–Crippen LogP) is 2.11. The van der Waals surface area contributed by atoms with Gasteiger partial charge in [-0.1, -0.05) is 25.4 Å². The van der Waals surface area contributed by atoms with E-state index < -0.39 is 5.69 Å². The maximum absolute atomic E-state index is 11.7. The van der Waals surface area contributed by atoms with Gasteiger partial charge in [-0.15, -0.1) is 0 Å². The highest BCUT2D eigenvalue weighted by Gasteiger charge is 2.26. The molecule has 0 aliphatic rings. The van der Waals surface area contributed by atoms with E-state index in [9.17, 15) is 9.59 Å². The van der Waals surface area contributed by atoms with Gasteiger partial charge in [0.25, 0.3) is 5.56 Å². The zero-order valence-electron chi connectivity index (χ0n) is 10.2. The fourth-order valence-electron chi connectivity index (χ4n) is 1.76. The van der Waals surface area contributed by atoms with Gasteiger partial charge in [-0.2, -0.15) is 11.8 Å². The van der Waals surface area contributed by atoms with Crippen LogP contribution in [-0.2, 0) is 6.54 Å². The molecule has 1 rings (SSSR count). The molecule has 96 valence electrons. The van der Waals surface area contributed by atoms with Crippen LogP contribution in [-0.4, -0.2) is 20.6 Å². The van der Waals surface area contributed by atoms with Gasteiger partial charge < -0.3 is 0 Å². The van der Waals surface area contributed by atoms with E-state index in [1.54, 1.807) is 11.8 Å². The third-order valence-electron chi connectivity index (χ3n) is 3.16. The van der Waals surface area contributed by atoms with Gasteiger partial charge in [0.05, 0.1) is 0 Å². The number of rotatable bonds is 5. The zero-order chi connectivity index (χ0) is 13.1. The van der Waals surface area contributed by atoms with Crippen LogP contribution in [0.1, 0.15) is 26.7 Å². The summed E-state index contributed by atoms with van der Waals surface area (Å²) in [6, 6.07) is 1.24. The number of thioether (sulfide) groups is 1. The van der Waals surface area contributed by atoms with Crippen molar-refractivity contribution in [2.75, 3.05) is 6.26 Å². The number of hydrogen-bond donors (Lipinski definition) is 1. The fourth-order valence-corrected chi connectivity index (χ4v) is 2.77. The van der Waals surface area contributed by atoms with Crippen molar-refractivity contribution in [2.45, 2.75) is 38.0 Å². The number of hydrogen-bond acceptors (Lipinski definition) is 3. The second kappa shape index (κ2) is 5.78. The van der Waals surface area contributed by atoms with Crippen LogP contribution in [0.2, 0.25) is 5.15 Å². The lowest BCUT2D eigenvalue weighted by molar-refractivity contribution is 0.446. The first-order valence-electron chi connectivity index (χ1n) is 5.53. The molecule has 0 aliphatic heterocycles. The van der Waals surface area contributed by atoms with Crippen LogP contribution in [0.15, 0.2) is 15.7 Å². The minimum absolute atomic E-state index is 0.0787.